The summed E-state index contributed by atoms with van der Waals surface area (Å²) in [5.41, 5.74) is 3.33. The molecule has 7 nitrogen and oxygen atoms in total. The first-order valence-corrected chi connectivity index (χ1v) is 7.98. The second-order valence-electron chi connectivity index (χ2n) is 6.01. The van der Waals surface area contributed by atoms with Gasteiger partial charge in [0.2, 0.25) is 0 Å². The molecule has 7 heteroatoms. The maximum absolute atomic E-state index is 11.4. The van der Waals surface area contributed by atoms with Crippen molar-refractivity contribution in [2.45, 2.75) is 26.4 Å². The molecule has 2 aromatic carbocycles. The van der Waals surface area contributed by atoms with Crippen molar-refractivity contribution in [3.8, 4) is 5.75 Å². The maximum atomic E-state index is 11.4. The summed E-state index contributed by atoms with van der Waals surface area (Å²) in [6, 6.07) is 10.7. The van der Waals surface area contributed by atoms with Gasteiger partial charge in [-0.3, -0.25) is 14.9 Å². The fraction of sp³-hybridized carbons (Fsp3) is 0.278. The van der Waals surface area contributed by atoms with E-state index in [9.17, 15) is 14.9 Å². The molecule has 1 heterocycles. The fourth-order valence-corrected chi connectivity index (χ4v) is 2.81. The molecular formula is C18H19N3O4. The average Bonchev–Trinajstić information content (AvgIpc) is 2.59. The van der Waals surface area contributed by atoms with Crippen LogP contribution in [0.1, 0.15) is 29.7 Å². The van der Waals surface area contributed by atoms with Gasteiger partial charge < -0.3 is 15.4 Å². The Morgan fingerprint density at radius 3 is 2.92 bits per heavy atom. The van der Waals surface area contributed by atoms with Crippen LogP contribution in [0.3, 0.4) is 0 Å². The largest absolute Gasteiger partial charge is 0.482 e. The summed E-state index contributed by atoms with van der Waals surface area (Å²) in [5, 5.41) is 17.2. The molecule has 0 spiro atoms. The van der Waals surface area contributed by atoms with Crippen LogP contribution in [0.25, 0.3) is 0 Å². The third-order valence-corrected chi connectivity index (χ3v) is 4.35. The van der Waals surface area contributed by atoms with Gasteiger partial charge in [-0.2, -0.15) is 0 Å². The molecule has 3 rings (SSSR count). The Balaban J connectivity index is 1.72. The Morgan fingerprint density at radius 1 is 1.36 bits per heavy atom. The van der Waals surface area contributed by atoms with Crippen molar-refractivity contribution in [2.75, 3.05) is 11.9 Å². The van der Waals surface area contributed by atoms with E-state index >= 15 is 0 Å². The average molecular weight is 341 g/mol. The molecule has 1 aliphatic rings. The maximum Gasteiger partial charge on any atom is 0.272 e. The highest BCUT2D eigenvalue weighted by Crippen LogP contribution is 2.30. The molecule has 0 unspecified atom stereocenters. The fourth-order valence-electron chi connectivity index (χ4n) is 2.81. The lowest BCUT2D eigenvalue weighted by Crippen LogP contribution is -2.26. The molecule has 0 saturated carbocycles. The number of nitro groups is 1. The van der Waals surface area contributed by atoms with Gasteiger partial charge in [-0.25, -0.2) is 0 Å². The minimum Gasteiger partial charge on any atom is -0.482 e. The quantitative estimate of drug-likeness (QED) is 0.644. The molecular weight excluding hydrogens is 322 g/mol. The van der Waals surface area contributed by atoms with Crippen LogP contribution in [0.5, 0.6) is 5.75 Å². The van der Waals surface area contributed by atoms with E-state index in [4.69, 9.17) is 4.74 Å². The van der Waals surface area contributed by atoms with Crippen LogP contribution in [0.15, 0.2) is 36.4 Å². The monoisotopic (exact) mass is 341 g/mol. The number of nitrogens with one attached hydrogen (secondary N) is 2. The van der Waals surface area contributed by atoms with Crippen molar-refractivity contribution in [1.29, 1.82) is 0 Å². The topological polar surface area (TPSA) is 93.5 Å². The summed E-state index contributed by atoms with van der Waals surface area (Å²) in [7, 11) is 0. The van der Waals surface area contributed by atoms with E-state index in [1.54, 1.807) is 13.0 Å². The minimum absolute atomic E-state index is 0.00258. The van der Waals surface area contributed by atoms with Gasteiger partial charge in [0.15, 0.2) is 6.61 Å². The number of benzene rings is 2. The first-order chi connectivity index (χ1) is 12.0. The minimum atomic E-state index is -0.367. The van der Waals surface area contributed by atoms with Gasteiger partial charge in [-0.1, -0.05) is 18.2 Å². The first-order valence-electron chi connectivity index (χ1n) is 7.98. The summed E-state index contributed by atoms with van der Waals surface area (Å²) in [5.74, 6) is 0.488. The Hall–Kier alpha value is -2.93. The van der Waals surface area contributed by atoms with Crippen LogP contribution in [-0.4, -0.2) is 17.4 Å². The molecule has 0 radical (unpaired) electrons. The molecule has 0 fully saturated rings. The number of anilines is 1. The Kier molecular flexibility index (Phi) is 4.67. The predicted octanol–water partition coefficient (Wildman–Crippen LogP) is 3.08. The number of hydrogen-bond donors (Lipinski definition) is 2. The lowest BCUT2D eigenvalue weighted by molar-refractivity contribution is -0.385. The van der Waals surface area contributed by atoms with Gasteiger partial charge in [0, 0.05) is 24.2 Å². The molecule has 1 amide bonds. The van der Waals surface area contributed by atoms with E-state index in [0.717, 1.165) is 11.1 Å². The number of carbonyl (C=O) groups excluding carboxylic acids is 1. The second-order valence-corrected chi connectivity index (χ2v) is 6.01. The van der Waals surface area contributed by atoms with Gasteiger partial charge >= 0.3 is 0 Å². The number of fused-ring (bicyclic) bond motifs is 1. The van der Waals surface area contributed by atoms with Gasteiger partial charge in [-0.05, 0) is 37.1 Å². The van der Waals surface area contributed by atoms with E-state index in [2.05, 4.69) is 10.6 Å². The van der Waals surface area contributed by atoms with Gasteiger partial charge in [0.1, 0.15) is 5.75 Å². The third kappa shape index (κ3) is 3.61. The smallest absolute Gasteiger partial charge is 0.272 e. The zero-order valence-electron chi connectivity index (χ0n) is 14.0. The normalized spacial score (nSPS) is 14.2. The molecule has 2 N–H and O–H groups in total. The predicted molar refractivity (Wildman–Crippen MR) is 93.7 cm³/mol. The molecule has 25 heavy (non-hydrogen) atoms. The summed E-state index contributed by atoms with van der Waals surface area (Å²) in [6.45, 7) is 4.30. The molecule has 1 atom stereocenters. The van der Waals surface area contributed by atoms with Crippen LogP contribution in [0.4, 0.5) is 11.4 Å². The number of nitro benzene ring substituents is 1. The SMILES string of the molecule is Cc1c(CN[C@H](C)c2ccc3c(c2)NC(=O)CO3)cccc1[N+](=O)[O-]. The number of carbonyl (C=O) groups is 1. The van der Waals surface area contributed by atoms with Crippen molar-refractivity contribution in [2.24, 2.45) is 0 Å². The Bertz CT molecular complexity index is 835. The van der Waals surface area contributed by atoms with E-state index < -0.39 is 0 Å². The van der Waals surface area contributed by atoms with Gasteiger partial charge in [-0.15, -0.1) is 0 Å². The van der Waals surface area contributed by atoms with Crippen LogP contribution >= 0.6 is 0 Å². The van der Waals surface area contributed by atoms with Crippen LogP contribution in [-0.2, 0) is 11.3 Å². The Labute approximate surface area is 145 Å². The lowest BCUT2D eigenvalue weighted by atomic mass is 10.0. The van der Waals surface area contributed by atoms with E-state index in [1.807, 2.05) is 31.2 Å². The Morgan fingerprint density at radius 2 is 2.16 bits per heavy atom. The van der Waals surface area contributed by atoms with E-state index in [1.165, 1.54) is 6.07 Å². The number of amides is 1. The van der Waals surface area contributed by atoms with Crippen LogP contribution < -0.4 is 15.4 Å². The molecule has 0 saturated heterocycles. The highest BCUT2D eigenvalue weighted by molar-refractivity contribution is 5.95. The second kappa shape index (κ2) is 6.90. The van der Waals surface area contributed by atoms with E-state index in [0.29, 0.717) is 23.5 Å². The molecule has 130 valence electrons. The first kappa shape index (κ1) is 16.9. The molecule has 0 aliphatic carbocycles. The summed E-state index contributed by atoms with van der Waals surface area (Å²) < 4.78 is 5.35. The molecule has 1 aliphatic heterocycles. The number of rotatable bonds is 5. The number of hydrogen-bond acceptors (Lipinski definition) is 5. The zero-order chi connectivity index (χ0) is 18.0. The zero-order valence-corrected chi connectivity index (χ0v) is 14.0. The molecule has 0 bridgehead atoms. The summed E-state index contributed by atoms with van der Waals surface area (Å²) in [6.07, 6.45) is 0. The highest BCUT2D eigenvalue weighted by Gasteiger charge is 2.18. The van der Waals surface area contributed by atoms with E-state index in [-0.39, 0.29) is 29.2 Å². The summed E-state index contributed by atoms with van der Waals surface area (Å²) >= 11 is 0. The van der Waals surface area contributed by atoms with Gasteiger partial charge in [0.05, 0.1) is 10.6 Å². The van der Waals surface area contributed by atoms with Crippen molar-refractivity contribution >= 4 is 17.3 Å². The number of nitrogens with zero attached hydrogens (tertiary/aromatic N) is 1. The highest BCUT2D eigenvalue weighted by atomic mass is 16.6. The van der Waals surface area contributed by atoms with Crippen molar-refractivity contribution in [3.05, 3.63) is 63.2 Å². The van der Waals surface area contributed by atoms with Crippen LogP contribution in [0.2, 0.25) is 0 Å². The standard InChI is InChI=1S/C18H19N3O4/c1-11-14(4-3-5-16(11)21(23)24)9-19-12(2)13-6-7-17-15(8-13)20-18(22)10-25-17/h3-8,12,19H,9-10H2,1-2H3,(H,20,22)/t12-/m1/s1. The third-order valence-electron chi connectivity index (χ3n) is 4.35. The lowest BCUT2D eigenvalue weighted by Gasteiger charge is -2.21. The van der Waals surface area contributed by atoms with Crippen molar-refractivity contribution < 1.29 is 14.5 Å². The molecule has 2 aromatic rings. The summed E-state index contributed by atoms with van der Waals surface area (Å²) in [4.78, 5) is 22.1. The van der Waals surface area contributed by atoms with Crippen molar-refractivity contribution in [1.82, 2.24) is 5.32 Å². The number of ether oxygens (including phenoxy) is 1. The van der Waals surface area contributed by atoms with Crippen LogP contribution in [0, 0.1) is 17.0 Å². The molecule has 0 aromatic heterocycles. The van der Waals surface area contributed by atoms with Crippen molar-refractivity contribution in [3.63, 3.8) is 0 Å². The van der Waals surface area contributed by atoms with Gasteiger partial charge in [0.25, 0.3) is 11.6 Å².